The monoisotopic (exact) mass is 566 g/mol. The van der Waals surface area contributed by atoms with E-state index < -0.39 is 6.29 Å². The van der Waals surface area contributed by atoms with E-state index in [1.807, 2.05) is 37.4 Å². The Balaban J connectivity index is 1.27. The molecule has 1 aliphatic heterocycles. The van der Waals surface area contributed by atoms with Gasteiger partial charge in [0.2, 0.25) is 6.29 Å². The summed E-state index contributed by atoms with van der Waals surface area (Å²) in [5, 5.41) is 13.8. The number of aromatic nitrogens is 1. The number of hydrogen-bond donors (Lipinski definition) is 3. The zero-order valence-electron chi connectivity index (χ0n) is 24.2. The highest BCUT2D eigenvalue weighted by Crippen LogP contribution is 2.46. The van der Waals surface area contributed by atoms with E-state index >= 15 is 0 Å². The molecule has 7 heteroatoms. The Morgan fingerprint density at radius 2 is 1.98 bits per heavy atom. The van der Waals surface area contributed by atoms with Crippen LogP contribution in [0.1, 0.15) is 47.9 Å². The van der Waals surface area contributed by atoms with Gasteiger partial charge in [-0.1, -0.05) is 42.5 Å². The maximum atomic E-state index is 13.5. The van der Waals surface area contributed by atoms with Crippen LogP contribution in [-0.4, -0.2) is 49.2 Å². The van der Waals surface area contributed by atoms with Gasteiger partial charge < -0.3 is 29.6 Å². The Hall–Kier alpha value is -4.07. The van der Waals surface area contributed by atoms with Crippen LogP contribution in [-0.2, 0) is 27.1 Å². The van der Waals surface area contributed by atoms with E-state index in [9.17, 15) is 9.90 Å². The van der Waals surface area contributed by atoms with Crippen LogP contribution in [0.5, 0.6) is 5.75 Å². The minimum Gasteiger partial charge on any atom is -0.497 e. The summed E-state index contributed by atoms with van der Waals surface area (Å²) in [5.41, 5.74) is 8.46. The first-order valence-electron chi connectivity index (χ1n) is 14.8. The highest BCUT2D eigenvalue weighted by atomic mass is 16.7. The number of methoxy groups -OCH3 is 1. The minimum absolute atomic E-state index is 0.0370. The molecule has 0 spiro atoms. The van der Waals surface area contributed by atoms with Crippen LogP contribution in [0.15, 0.2) is 78.7 Å². The van der Waals surface area contributed by atoms with Gasteiger partial charge >= 0.3 is 0 Å². The second-order valence-electron chi connectivity index (χ2n) is 11.0. The van der Waals surface area contributed by atoms with Crippen molar-refractivity contribution >= 4 is 16.8 Å². The Morgan fingerprint density at radius 3 is 2.81 bits per heavy atom. The zero-order valence-corrected chi connectivity index (χ0v) is 24.2. The van der Waals surface area contributed by atoms with Gasteiger partial charge in [-0.2, -0.15) is 0 Å². The molecule has 4 aromatic rings. The van der Waals surface area contributed by atoms with Gasteiger partial charge in [-0.25, -0.2) is 0 Å². The van der Waals surface area contributed by atoms with E-state index in [1.165, 1.54) is 27.8 Å². The van der Waals surface area contributed by atoms with Crippen molar-refractivity contribution in [2.45, 2.75) is 44.8 Å². The number of carbonyl (C=O) groups is 1. The van der Waals surface area contributed by atoms with Crippen molar-refractivity contribution in [3.63, 3.8) is 0 Å². The van der Waals surface area contributed by atoms with E-state index in [-0.39, 0.29) is 30.1 Å². The normalized spacial score (nSPS) is 19.1. The number of hydrogen-bond acceptors (Lipinski definition) is 5. The molecule has 1 aromatic heterocycles. The van der Waals surface area contributed by atoms with Crippen molar-refractivity contribution < 1.29 is 24.1 Å². The highest BCUT2D eigenvalue weighted by Gasteiger charge is 2.39. The summed E-state index contributed by atoms with van der Waals surface area (Å²) in [6.45, 7) is 2.95. The predicted molar refractivity (Wildman–Crippen MR) is 163 cm³/mol. The standard InChI is InChI=1S/C35H38N2O5/c1-3-41-35-28(12-7-17-38)31(27-11-6-10-26-25-9-5-4-8-22(25)18-30(26)27)20-33(42-35)34(39)36-16-15-23-21-37-32-14-13-24(40-2)19-29(23)32/h4-6,8-11,13-14,19-21,28,31,35,37-38H,3,7,12,15-18H2,1-2H3,(H,36,39)/t28-,31-,35-/m1/s1. The molecular formula is C35H38N2O5. The topological polar surface area (TPSA) is 92.8 Å². The van der Waals surface area contributed by atoms with E-state index in [2.05, 4.69) is 52.8 Å². The molecule has 1 amide bonds. The Labute approximate surface area is 246 Å². The summed E-state index contributed by atoms with van der Waals surface area (Å²) < 4.78 is 17.7. The molecule has 0 radical (unpaired) electrons. The van der Waals surface area contributed by atoms with Crippen molar-refractivity contribution in [2.75, 3.05) is 26.9 Å². The summed E-state index contributed by atoms with van der Waals surface area (Å²) >= 11 is 0. The number of allylic oxidation sites excluding steroid dienone is 1. The van der Waals surface area contributed by atoms with Gasteiger partial charge in [-0.15, -0.1) is 0 Å². The molecular weight excluding hydrogens is 528 g/mol. The lowest BCUT2D eigenvalue weighted by Gasteiger charge is -2.37. The van der Waals surface area contributed by atoms with Crippen LogP contribution in [0.3, 0.4) is 0 Å². The lowest BCUT2D eigenvalue weighted by molar-refractivity contribution is -0.166. The molecule has 0 saturated carbocycles. The maximum absolute atomic E-state index is 13.5. The number of aliphatic hydroxyl groups excluding tert-OH is 1. The first-order chi connectivity index (χ1) is 20.6. The van der Waals surface area contributed by atoms with Crippen molar-refractivity contribution in [2.24, 2.45) is 5.92 Å². The molecule has 3 atom stereocenters. The number of H-pyrrole nitrogens is 1. The van der Waals surface area contributed by atoms with Gasteiger partial charge in [0.1, 0.15) is 5.75 Å². The average Bonchev–Trinajstić information content (AvgIpc) is 3.61. The Bertz CT molecular complexity index is 1610. The number of nitrogens with one attached hydrogen (secondary N) is 2. The van der Waals surface area contributed by atoms with Crippen molar-refractivity contribution in [1.82, 2.24) is 10.3 Å². The third-order valence-corrected chi connectivity index (χ3v) is 8.54. The average molecular weight is 567 g/mol. The molecule has 6 rings (SSSR count). The number of carbonyl (C=O) groups excluding carboxylic acids is 1. The summed E-state index contributed by atoms with van der Waals surface area (Å²) in [6.07, 6.45) is 6.24. The van der Waals surface area contributed by atoms with Gasteiger partial charge in [0.25, 0.3) is 5.91 Å². The van der Waals surface area contributed by atoms with Crippen molar-refractivity contribution in [3.05, 3.63) is 101 Å². The predicted octanol–water partition coefficient (Wildman–Crippen LogP) is 5.86. The zero-order chi connectivity index (χ0) is 29.1. The molecule has 0 saturated heterocycles. The van der Waals surface area contributed by atoms with Gasteiger partial charge in [-0.05, 0) is 90.3 Å². The third-order valence-electron chi connectivity index (χ3n) is 8.54. The molecule has 0 fully saturated rings. The molecule has 1 aliphatic carbocycles. The van der Waals surface area contributed by atoms with E-state index in [0.29, 0.717) is 26.0 Å². The van der Waals surface area contributed by atoms with Crippen LogP contribution in [0, 0.1) is 5.92 Å². The molecule has 3 aromatic carbocycles. The van der Waals surface area contributed by atoms with Gasteiger partial charge in [0.05, 0.1) is 7.11 Å². The molecule has 218 valence electrons. The van der Waals surface area contributed by atoms with E-state index in [4.69, 9.17) is 14.2 Å². The number of fused-ring (bicyclic) bond motifs is 4. The first kappa shape index (κ1) is 28.1. The molecule has 42 heavy (non-hydrogen) atoms. The van der Waals surface area contributed by atoms with Gasteiger partial charge in [-0.3, -0.25) is 4.79 Å². The maximum Gasteiger partial charge on any atom is 0.286 e. The fourth-order valence-corrected chi connectivity index (χ4v) is 6.51. The van der Waals surface area contributed by atoms with E-state index in [1.54, 1.807) is 7.11 Å². The summed E-state index contributed by atoms with van der Waals surface area (Å²) in [6, 6.07) is 20.9. The minimum atomic E-state index is -0.585. The smallest absolute Gasteiger partial charge is 0.286 e. The van der Waals surface area contributed by atoms with Crippen LogP contribution >= 0.6 is 0 Å². The fraction of sp³-hybridized carbons (Fsp3) is 0.343. The molecule has 0 bridgehead atoms. The quantitative estimate of drug-likeness (QED) is 0.186. The van der Waals surface area contributed by atoms with Crippen LogP contribution in [0.25, 0.3) is 22.0 Å². The fourth-order valence-electron chi connectivity index (χ4n) is 6.51. The Morgan fingerprint density at radius 1 is 1.12 bits per heavy atom. The first-order valence-corrected chi connectivity index (χ1v) is 14.8. The lowest BCUT2D eigenvalue weighted by atomic mass is 9.78. The molecule has 2 heterocycles. The molecule has 7 nitrogen and oxygen atoms in total. The highest BCUT2D eigenvalue weighted by molar-refractivity contribution is 5.92. The largest absolute Gasteiger partial charge is 0.497 e. The lowest BCUT2D eigenvalue weighted by Crippen LogP contribution is -2.39. The van der Waals surface area contributed by atoms with Crippen LogP contribution in [0.2, 0.25) is 0 Å². The van der Waals surface area contributed by atoms with Gasteiger partial charge in [0.15, 0.2) is 5.76 Å². The number of benzene rings is 3. The van der Waals surface area contributed by atoms with Crippen LogP contribution < -0.4 is 10.1 Å². The van der Waals surface area contributed by atoms with E-state index in [0.717, 1.165) is 35.1 Å². The van der Waals surface area contributed by atoms with Crippen molar-refractivity contribution in [3.8, 4) is 16.9 Å². The molecule has 2 aliphatic rings. The summed E-state index contributed by atoms with van der Waals surface area (Å²) in [4.78, 5) is 16.8. The summed E-state index contributed by atoms with van der Waals surface area (Å²) in [5.74, 6) is 0.705. The number of aromatic amines is 1. The Kier molecular flexibility index (Phi) is 8.31. The van der Waals surface area contributed by atoms with Crippen LogP contribution in [0.4, 0.5) is 0 Å². The summed E-state index contributed by atoms with van der Waals surface area (Å²) in [7, 11) is 1.66. The second-order valence-corrected chi connectivity index (χ2v) is 11.0. The van der Waals surface area contributed by atoms with Crippen molar-refractivity contribution in [1.29, 1.82) is 0 Å². The third kappa shape index (κ3) is 5.42. The van der Waals surface area contributed by atoms with Gasteiger partial charge in [0, 0.05) is 48.7 Å². The number of rotatable bonds is 11. The second kappa shape index (κ2) is 12.4. The number of ether oxygens (including phenoxy) is 3. The number of aliphatic hydroxyl groups is 1. The molecule has 0 unspecified atom stereocenters. The number of amides is 1. The SMILES string of the molecule is CCO[C@@H]1OC(C(=O)NCCc2c[nH]c3ccc(OC)cc23)=C[C@H](c2cccc3c2Cc2ccccc2-3)[C@H]1CCCO. The molecule has 3 N–H and O–H groups in total.